The van der Waals surface area contributed by atoms with Crippen molar-refractivity contribution in [1.29, 1.82) is 0 Å². The number of benzene rings is 1. The van der Waals surface area contributed by atoms with Crippen molar-refractivity contribution in [1.82, 2.24) is 0 Å². The molecule has 20 heavy (non-hydrogen) atoms. The van der Waals surface area contributed by atoms with Gasteiger partial charge in [-0.1, -0.05) is 26.8 Å². The summed E-state index contributed by atoms with van der Waals surface area (Å²) >= 11 is 0. The molecule has 1 saturated carbocycles. The van der Waals surface area contributed by atoms with Crippen LogP contribution in [0.1, 0.15) is 58.1 Å². The summed E-state index contributed by atoms with van der Waals surface area (Å²) in [7, 11) is 0. The van der Waals surface area contributed by atoms with Gasteiger partial charge in [-0.15, -0.1) is 0 Å². The number of nitrogens with two attached hydrogens (primary N) is 1. The van der Waals surface area contributed by atoms with Crippen LogP contribution >= 0.6 is 0 Å². The Bertz CT molecular complexity index is 457. The lowest BCUT2D eigenvalue weighted by Crippen LogP contribution is -2.30. The second kappa shape index (κ2) is 5.80. The maximum absolute atomic E-state index is 13.3. The van der Waals surface area contributed by atoms with Gasteiger partial charge in [-0.3, -0.25) is 0 Å². The molecule has 112 valence electrons. The summed E-state index contributed by atoms with van der Waals surface area (Å²) in [4.78, 5) is 0. The van der Waals surface area contributed by atoms with Crippen molar-refractivity contribution in [2.45, 2.75) is 52.5 Å². The molecule has 1 fully saturated rings. The summed E-state index contributed by atoms with van der Waals surface area (Å²) in [6.07, 6.45) is 4.49. The summed E-state index contributed by atoms with van der Waals surface area (Å²) in [5.74, 6) is -0.506. The van der Waals surface area contributed by atoms with E-state index in [9.17, 15) is 8.78 Å². The zero-order valence-corrected chi connectivity index (χ0v) is 12.6. The lowest BCUT2D eigenvalue weighted by atomic mass is 9.68. The average molecular weight is 281 g/mol. The number of rotatable bonds is 2. The minimum atomic E-state index is -0.808. The molecule has 2 N–H and O–H groups in total. The number of hydrogen-bond acceptors (Lipinski definition) is 1. The molecule has 1 atom stereocenters. The van der Waals surface area contributed by atoms with Gasteiger partial charge in [0.2, 0.25) is 0 Å². The predicted octanol–water partition coefficient (Wildman–Crippen LogP) is 4.82. The molecule has 0 aromatic heterocycles. The highest BCUT2D eigenvalue weighted by molar-refractivity contribution is 5.21. The first-order valence-corrected chi connectivity index (χ1v) is 7.49. The first kappa shape index (κ1) is 15.4. The van der Waals surface area contributed by atoms with E-state index < -0.39 is 11.6 Å². The van der Waals surface area contributed by atoms with Gasteiger partial charge in [-0.25, -0.2) is 8.78 Å². The zero-order valence-electron chi connectivity index (χ0n) is 12.6. The second-order valence-corrected chi connectivity index (χ2v) is 7.18. The fourth-order valence-electron chi connectivity index (χ4n) is 3.34. The Balaban J connectivity index is 2.01. The average Bonchev–Trinajstić information content (AvgIpc) is 2.40. The molecule has 1 unspecified atom stereocenters. The highest BCUT2D eigenvalue weighted by Crippen LogP contribution is 2.42. The van der Waals surface area contributed by atoms with Gasteiger partial charge >= 0.3 is 0 Å². The van der Waals surface area contributed by atoms with Crippen molar-refractivity contribution >= 4 is 0 Å². The van der Waals surface area contributed by atoms with E-state index in [0.29, 0.717) is 16.9 Å². The largest absolute Gasteiger partial charge is 0.324 e. The number of halogens is 2. The van der Waals surface area contributed by atoms with Crippen LogP contribution in [0.5, 0.6) is 0 Å². The van der Waals surface area contributed by atoms with E-state index >= 15 is 0 Å². The Morgan fingerprint density at radius 1 is 1.05 bits per heavy atom. The van der Waals surface area contributed by atoms with Crippen molar-refractivity contribution in [3.63, 3.8) is 0 Å². The third-order valence-electron chi connectivity index (χ3n) is 4.83. The molecule has 1 aromatic carbocycles. The Morgan fingerprint density at radius 2 is 1.65 bits per heavy atom. The third-order valence-corrected chi connectivity index (χ3v) is 4.83. The van der Waals surface area contributed by atoms with E-state index in [1.165, 1.54) is 25.0 Å². The lowest BCUT2D eigenvalue weighted by molar-refractivity contribution is 0.139. The van der Waals surface area contributed by atoms with Crippen molar-refractivity contribution in [3.8, 4) is 0 Å². The summed E-state index contributed by atoms with van der Waals surface area (Å²) in [5, 5.41) is 0. The van der Waals surface area contributed by atoms with E-state index in [0.717, 1.165) is 18.8 Å². The molecule has 0 spiro atoms. The molecule has 3 heteroatoms. The smallest absolute Gasteiger partial charge is 0.159 e. The Hall–Kier alpha value is -0.960. The minimum absolute atomic E-state index is 0.189. The van der Waals surface area contributed by atoms with Crippen LogP contribution in [0.4, 0.5) is 8.78 Å². The molecule has 1 nitrogen and oxygen atoms in total. The lowest BCUT2D eigenvalue weighted by Gasteiger charge is -2.38. The molecule has 1 aliphatic rings. The standard InChI is InChI=1S/C17H25F2N/c1-17(2,3)13-7-4-11(5-8-13)16(20)12-6-9-14(18)15(19)10-12/h6,9-11,13,16H,4-5,7-8,20H2,1-3H3. The van der Waals surface area contributed by atoms with E-state index in [2.05, 4.69) is 20.8 Å². The molecule has 1 aromatic rings. The molecule has 0 amide bonds. The van der Waals surface area contributed by atoms with Gasteiger partial charge < -0.3 is 5.73 Å². The van der Waals surface area contributed by atoms with Gasteiger partial charge in [-0.05, 0) is 60.6 Å². The monoisotopic (exact) mass is 281 g/mol. The normalized spacial score (nSPS) is 25.5. The number of hydrogen-bond donors (Lipinski definition) is 1. The molecule has 0 heterocycles. The van der Waals surface area contributed by atoms with Crippen LogP contribution in [0.3, 0.4) is 0 Å². The SMILES string of the molecule is CC(C)(C)C1CCC(C(N)c2ccc(F)c(F)c2)CC1. The fourth-order valence-corrected chi connectivity index (χ4v) is 3.34. The molecular weight excluding hydrogens is 256 g/mol. The van der Waals surface area contributed by atoms with Gasteiger partial charge in [0.05, 0.1) is 0 Å². The van der Waals surface area contributed by atoms with Crippen LogP contribution < -0.4 is 5.73 Å². The molecule has 0 saturated heterocycles. The highest BCUT2D eigenvalue weighted by Gasteiger charge is 2.32. The van der Waals surface area contributed by atoms with Crippen LogP contribution in [0.2, 0.25) is 0 Å². The minimum Gasteiger partial charge on any atom is -0.324 e. The van der Waals surface area contributed by atoms with Crippen LogP contribution in [0.25, 0.3) is 0 Å². The van der Waals surface area contributed by atoms with Gasteiger partial charge in [0.15, 0.2) is 11.6 Å². The van der Waals surface area contributed by atoms with Crippen molar-refractivity contribution in [2.24, 2.45) is 23.0 Å². The quantitative estimate of drug-likeness (QED) is 0.826. The third kappa shape index (κ3) is 3.38. The first-order valence-electron chi connectivity index (χ1n) is 7.49. The molecule has 2 rings (SSSR count). The van der Waals surface area contributed by atoms with E-state index in [1.54, 1.807) is 6.07 Å². The summed E-state index contributed by atoms with van der Waals surface area (Å²) in [6, 6.07) is 3.84. The van der Waals surface area contributed by atoms with E-state index in [-0.39, 0.29) is 6.04 Å². The summed E-state index contributed by atoms with van der Waals surface area (Å²) in [6.45, 7) is 6.85. The highest BCUT2D eigenvalue weighted by atomic mass is 19.2. The van der Waals surface area contributed by atoms with Crippen LogP contribution in [-0.4, -0.2) is 0 Å². The zero-order chi connectivity index (χ0) is 14.9. The van der Waals surface area contributed by atoms with Gasteiger partial charge in [-0.2, -0.15) is 0 Å². The second-order valence-electron chi connectivity index (χ2n) is 7.18. The summed E-state index contributed by atoms with van der Waals surface area (Å²) in [5.41, 5.74) is 7.31. The first-order chi connectivity index (χ1) is 9.29. The van der Waals surface area contributed by atoms with Gasteiger partial charge in [0.25, 0.3) is 0 Å². The van der Waals surface area contributed by atoms with Crippen molar-refractivity contribution in [3.05, 3.63) is 35.4 Å². The maximum Gasteiger partial charge on any atom is 0.159 e. The molecule has 0 radical (unpaired) electrons. The maximum atomic E-state index is 13.3. The topological polar surface area (TPSA) is 26.0 Å². The van der Waals surface area contributed by atoms with E-state index in [4.69, 9.17) is 5.73 Å². The predicted molar refractivity (Wildman–Crippen MR) is 78.2 cm³/mol. The van der Waals surface area contributed by atoms with Gasteiger partial charge in [0, 0.05) is 6.04 Å². The Morgan fingerprint density at radius 3 is 2.15 bits per heavy atom. The van der Waals surface area contributed by atoms with Crippen molar-refractivity contribution in [2.75, 3.05) is 0 Å². The molecule has 1 aliphatic carbocycles. The van der Waals surface area contributed by atoms with Crippen LogP contribution in [0.15, 0.2) is 18.2 Å². The Kier molecular flexibility index (Phi) is 4.48. The fraction of sp³-hybridized carbons (Fsp3) is 0.647. The van der Waals surface area contributed by atoms with Crippen LogP contribution in [-0.2, 0) is 0 Å². The van der Waals surface area contributed by atoms with Crippen LogP contribution in [0, 0.1) is 28.9 Å². The van der Waals surface area contributed by atoms with E-state index in [1.807, 2.05) is 0 Å². The van der Waals surface area contributed by atoms with Gasteiger partial charge in [0.1, 0.15) is 0 Å². The molecule has 0 aliphatic heterocycles. The molecule has 0 bridgehead atoms. The van der Waals surface area contributed by atoms with Crippen molar-refractivity contribution < 1.29 is 8.78 Å². The molecular formula is C17H25F2N. The Labute approximate surface area is 120 Å². The summed E-state index contributed by atoms with van der Waals surface area (Å²) < 4.78 is 26.3.